The zero-order valence-corrected chi connectivity index (χ0v) is 10.9. The predicted molar refractivity (Wildman–Crippen MR) is 73.1 cm³/mol. The Bertz CT molecular complexity index is 626. The van der Waals surface area contributed by atoms with Gasteiger partial charge in [0.15, 0.2) is 0 Å². The van der Waals surface area contributed by atoms with Crippen LogP contribution < -0.4 is 11.1 Å². The molecule has 0 aromatic heterocycles. The van der Waals surface area contributed by atoms with Crippen LogP contribution >= 0.6 is 0 Å². The van der Waals surface area contributed by atoms with Gasteiger partial charge in [-0.2, -0.15) is 0 Å². The standard InChI is InChI=1S/C15H14F2N2O/c1-9(10-2-4-11(16)5-3-10)19-15(20)13-7-6-12(17)8-14(13)18/h2-9H,18H2,1H3,(H,19,20)/t9-/m1/s1. The van der Waals surface area contributed by atoms with Gasteiger partial charge in [-0.1, -0.05) is 12.1 Å². The maximum absolute atomic E-state index is 12.9. The fraction of sp³-hybridized carbons (Fsp3) is 0.133. The summed E-state index contributed by atoms with van der Waals surface area (Å²) in [6.45, 7) is 1.77. The molecule has 0 saturated heterocycles. The molecule has 2 rings (SSSR count). The number of nitrogen functional groups attached to an aromatic ring is 1. The number of nitrogens with two attached hydrogens (primary N) is 1. The molecule has 3 N–H and O–H groups in total. The van der Waals surface area contributed by atoms with Crippen molar-refractivity contribution in [1.29, 1.82) is 0 Å². The summed E-state index contributed by atoms with van der Waals surface area (Å²) in [5.74, 6) is -1.24. The molecular weight excluding hydrogens is 262 g/mol. The molecule has 20 heavy (non-hydrogen) atoms. The van der Waals surface area contributed by atoms with Gasteiger partial charge in [0.1, 0.15) is 11.6 Å². The molecule has 1 amide bonds. The third-order valence-corrected chi connectivity index (χ3v) is 2.98. The van der Waals surface area contributed by atoms with E-state index < -0.39 is 11.7 Å². The number of hydrogen-bond donors (Lipinski definition) is 2. The molecule has 0 saturated carbocycles. The van der Waals surface area contributed by atoms with Crippen LogP contribution in [0.5, 0.6) is 0 Å². The summed E-state index contributed by atoms with van der Waals surface area (Å²) in [5.41, 5.74) is 6.66. The van der Waals surface area contributed by atoms with Crippen molar-refractivity contribution in [3.8, 4) is 0 Å². The highest BCUT2D eigenvalue weighted by atomic mass is 19.1. The summed E-state index contributed by atoms with van der Waals surface area (Å²) in [5, 5.41) is 2.73. The van der Waals surface area contributed by atoms with E-state index in [0.29, 0.717) is 0 Å². The molecular formula is C15H14F2N2O. The molecule has 2 aromatic carbocycles. The van der Waals surface area contributed by atoms with E-state index in [1.54, 1.807) is 19.1 Å². The first-order valence-corrected chi connectivity index (χ1v) is 6.08. The van der Waals surface area contributed by atoms with Crippen molar-refractivity contribution < 1.29 is 13.6 Å². The lowest BCUT2D eigenvalue weighted by Crippen LogP contribution is -2.27. The highest BCUT2D eigenvalue weighted by molar-refractivity contribution is 5.99. The van der Waals surface area contributed by atoms with Crippen molar-refractivity contribution in [2.24, 2.45) is 0 Å². The van der Waals surface area contributed by atoms with Crippen LogP contribution in [0.25, 0.3) is 0 Å². The molecule has 0 aliphatic carbocycles. The van der Waals surface area contributed by atoms with Crippen molar-refractivity contribution in [3.05, 3.63) is 65.2 Å². The summed E-state index contributed by atoms with van der Waals surface area (Å²) in [6.07, 6.45) is 0. The van der Waals surface area contributed by atoms with E-state index >= 15 is 0 Å². The van der Waals surface area contributed by atoms with Gasteiger partial charge in [-0.15, -0.1) is 0 Å². The Morgan fingerprint density at radius 3 is 2.30 bits per heavy atom. The van der Waals surface area contributed by atoms with Crippen molar-refractivity contribution in [2.45, 2.75) is 13.0 Å². The summed E-state index contributed by atoms with van der Waals surface area (Å²) < 4.78 is 25.8. The van der Waals surface area contributed by atoms with E-state index in [1.165, 1.54) is 24.3 Å². The zero-order chi connectivity index (χ0) is 14.7. The van der Waals surface area contributed by atoms with E-state index in [1.807, 2.05) is 0 Å². The predicted octanol–water partition coefficient (Wildman–Crippen LogP) is 3.04. The zero-order valence-electron chi connectivity index (χ0n) is 10.9. The van der Waals surface area contributed by atoms with Gasteiger partial charge in [0.2, 0.25) is 0 Å². The minimum absolute atomic E-state index is 0.0776. The molecule has 0 radical (unpaired) electrons. The van der Waals surface area contributed by atoms with Gasteiger partial charge in [-0.25, -0.2) is 8.78 Å². The minimum atomic E-state index is -0.495. The largest absolute Gasteiger partial charge is 0.398 e. The smallest absolute Gasteiger partial charge is 0.253 e. The maximum atomic E-state index is 12.9. The Morgan fingerprint density at radius 2 is 1.70 bits per heavy atom. The second-order valence-electron chi connectivity index (χ2n) is 4.48. The van der Waals surface area contributed by atoms with Crippen molar-refractivity contribution >= 4 is 11.6 Å². The van der Waals surface area contributed by atoms with Gasteiger partial charge in [-0.3, -0.25) is 4.79 Å². The number of anilines is 1. The normalized spacial score (nSPS) is 11.9. The van der Waals surface area contributed by atoms with Gasteiger partial charge in [0.25, 0.3) is 5.91 Å². The highest BCUT2D eigenvalue weighted by Crippen LogP contribution is 2.17. The number of carbonyl (C=O) groups excluding carboxylic acids is 1. The first-order chi connectivity index (χ1) is 9.47. The number of amides is 1. The average molecular weight is 276 g/mol. The fourth-order valence-electron chi connectivity index (χ4n) is 1.85. The topological polar surface area (TPSA) is 55.1 Å². The second kappa shape index (κ2) is 5.69. The van der Waals surface area contributed by atoms with Crippen LogP contribution in [0, 0.1) is 11.6 Å². The summed E-state index contributed by atoms with van der Waals surface area (Å²) in [7, 11) is 0. The van der Waals surface area contributed by atoms with Crippen LogP contribution in [0.3, 0.4) is 0 Å². The van der Waals surface area contributed by atoms with Gasteiger partial charge in [-0.05, 0) is 42.8 Å². The molecule has 0 unspecified atom stereocenters. The summed E-state index contributed by atoms with van der Waals surface area (Å²) in [4.78, 5) is 12.0. The Labute approximate surface area is 115 Å². The molecule has 2 aromatic rings. The van der Waals surface area contributed by atoms with Gasteiger partial charge < -0.3 is 11.1 Å². The maximum Gasteiger partial charge on any atom is 0.253 e. The Kier molecular flexibility index (Phi) is 3.98. The molecule has 0 heterocycles. The molecule has 3 nitrogen and oxygen atoms in total. The number of halogens is 2. The van der Waals surface area contributed by atoms with Crippen LogP contribution in [-0.2, 0) is 0 Å². The molecule has 5 heteroatoms. The number of hydrogen-bond acceptors (Lipinski definition) is 2. The second-order valence-corrected chi connectivity index (χ2v) is 4.48. The quantitative estimate of drug-likeness (QED) is 0.847. The molecule has 0 fully saturated rings. The fourth-order valence-corrected chi connectivity index (χ4v) is 1.85. The van der Waals surface area contributed by atoms with Crippen LogP contribution in [0.1, 0.15) is 28.9 Å². The average Bonchev–Trinajstić information content (AvgIpc) is 2.39. The van der Waals surface area contributed by atoms with Gasteiger partial charge in [0, 0.05) is 5.69 Å². The van der Waals surface area contributed by atoms with Crippen molar-refractivity contribution in [1.82, 2.24) is 5.32 Å². The lowest BCUT2D eigenvalue weighted by molar-refractivity contribution is 0.0941. The third-order valence-electron chi connectivity index (χ3n) is 2.98. The summed E-state index contributed by atoms with van der Waals surface area (Å²) in [6, 6.07) is 9.12. The minimum Gasteiger partial charge on any atom is -0.398 e. The number of benzene rings is 2. The van der Waals surface area contributed by atoms with Crippen LogP contribution in [-0.4, -0.2) is 5.91 Å². The third kappa shape index (κ3) is 3.12. The number of nitrogens with one attached hydrogen (secondary N) is 1. The molecule has 1 atom stereocenters. The Balaban J connectivity index is 2.13. The lowest BCUT2D eigenvalue weighted by Gasteiger charge is -2.15. The van der Waals surface area contributed by atoms with E-state index in [-0.39, 0.29) is 23.1 Å². The van der Waals surface area contributed by atoms with E-state index in [4.69, 9.17) is 5.73 Å². The molecule has 0 aliphatic heterocycles. The molecule has 0 bridgehead atoms. The van der Waals surface area contributed by atoms with Crippen molar-refractivity contribution in [2.75, 3.05) is 5.73 Å². The first-order valence-electron chi connectivity index (χ1n) is 6.08. The number of rotatable bonds is 3. The molecule has 0 aliphatic rings. The van der Waals surface area contributed by atoms with Crippen LogP contribution in [0.15, 0.2) is 42.5 Å². The van der Waals surface area contributed by atoms with E-state index in [0.717, 1.165) is 11.6 Å². The van der Waals surface area contributed by atoms with Crippen LogP contribution in [0.4, 0.5) is 14.5 Å². The first kappa shape index (κ1) is 14.0. The Hall–Kier alpha value is -2.43. The van der Waals surface area contributed by atoms with E-state index in [2.05, 4.69) is 5.32 Å². The summed E-state index contributed by atoms with van der Waals surface area (Å²) >= 11 is 0. The van der Waals surface area contributed by atoms with Gasteiger partial charge >= 0.3 is 0 Å². The SMILES string of the molecule is C[C@@H](NC(=O)c1ccc(F)cc1N)c1ccc(F)cc1. The van der Waals surface area contributed by atoms with E-state index in [9.17, 15) is 13.6 Å². The monoisotopic (exact) mass is 276 g/mol. The Morgan fingerprint density at radius 1 is 1.10 bits per heavy atom. The van der Waals surface area contributed by atoms with Crippen LogP contribution in [0.2, 0.25) is 0 Å². The highest BCUT2D eigenvalue weighted by Gasteiger charge is 2.14. The molecule has 0 spiro atoms. The van der Waals surface area contributed by atoms with Gasteiger partial charge in [0.05, 0.1) is 11.6 Å². The molecule has 104 valence electrons. The van der Waals surface area contributed by atoms with Crippen molar-refractivity contribution in [3.63, 3.8) is 0 Å². The lowest BCUT2D eigenvalue weighted by atomic mass is 10.1. The number of carbonyl (C=O) groups is 1.